The molecule has 1 aromatic heterocycles. The van der Waals surface area contributed by atoms with Gasteiger partial charge in [-0.05, 0) is 36.8 Å². The van der Waals surface area contributed by atoms with Crippen LogP contribution in [0.2, 0.25) is 0 Å². The van der Waals surface area contributed by atoms with Crippen LogP contribution in [0, 0.1) is 0 Å². The smallest absolute Gasteiger partial charge is 0.191 e. The summed E-state index contributed by atoms with van der Waals surface area (Å²) in [5, 5.41) is 11.8. The van der Waals surface area contributed by atoms with Crippen LogP contribution >= 0.6 is 0 Å². The van der Waals surface area contributed by atoms with E-state index in [2.05, 4.69) is 70.7 Å². The van der Waals surface area contributed by atoms with E-state index in [-0.39, 0.29) is 0 Å². The average Bonchev–Trinajstić information content (AvgIpc) is 3.37. The minimum Gasteiger partial charge on any atom is -0.377 e. The van der Waals surface area contributed by atoms with Crippen LogP contribution in [0.15, 0.2) is 29.3 Å². The van der Waals surface area contributed by atoms with E-state index < -0.39 is 0 Å². The number of benzene rings is 1. The molecule has 2 aliphatic rings. The van der Waals surface area contributed by atoms with Gasteiger partial charge >= 0.3 is 0 Å². The number of guanidine groups is 1. The van der Waals surface area contributed by atoms with E-state index in [1.807, 2.05) is 4.68 Å². The van der Waals surface area contributed by atoms with Gasteiger partial charge in [-0.15, -0.1) is 0 Å². The third kappa shape index (κ3) is 4.83. The van der Waals surface area contributed by atoms with Crippen LogP contribution < -0.4 is 10.6 Å². The van der Waals surface area contributed by atoms with E-state index >= 15 is 0 Å². The van der Waals surface area contributed by atoms with E-state index in [1.54, 1.807) is 7.11 Å². The van der Waals surface area contributed by atoms with Crippen molar-refractivity contribution in [3.63, 3.8) is 0 Å². The summed E-state index contributed by atoms with van der Waals surface area (Å²) in [6.07, 6.45) is 3.10. The minimum absolute atomic E-state index is 0.301. The van der Waals surface area contributed by atoms with Crippen molar-refractivity contribution in [3.05, 3.63) is 47.0 Å². The van der Waals surface area contributed by atoms with Crippen molar-refractivity contribution in [2.24, 2.45) is 4.99 Å². The molecule has 1 aliphatic heterocycles. The number of aryl methyl sites for hydroxylation is 1. The lowest BCUT2D eigenvalue weighted by Crippen LogP contribution is -2.48. The Bertz CT molecular complexity index is 872. The second-order valence-corrected chi connectivity index (χ2v) is 8.68. The van der Waals surface area contributed by atoms with Crippen molar-refractivity contribution < 1.29 is 4.74 Å². The SMILES string of the molecule is CCN=C(NC1CCc2nc(COC)nn2C1)NC1CC1c1ccc(C(C)C)cc1. The largest absolute Gasteiger partial charge is 0.377 e. The number of aliphatic imine (C=N–C) groups is 1. The molecule has 1 saturated carbocycles. The molecular formula is C23H34N6O. The summed E-state index contributed by atoms with van der Waals surface area (Å²) in [6, 6.07) is 9.86. The summed E-state index contributed by atoms with van der Waals surface area (Å²) in [6.45, 7) is 8.58. The molecule has 2 N–H and O–H groups in total. The van der Waals surface area contributed by atoms with E-state index in [9.17, 15) is 0 Å². The number of ether oxygens (including phenoxy) is 1. The first-order valence-corrected chi connectivity index (χ1v) is 11.2. The van der Waals surface area contributed by atoms with Gasteiger partial charge in [-0.2, -0.15) is 5.10 Å². The van der Waals surface area contributed by atoms with Crippen LogP contribution in [0.1, 0.15) is 68.2 Å². The van der Waals surface area contributed by atoms with Gasteiger partial charge in [0.25, 0.3) is 0 Å². The number of hydrogen-bond donors (Lipinski definition) is 2. The van der Waals surface area contributed by atoms with Crippen molar-refractivity contribution in [2.75, 3.05) is 13.7 Å². The Morgan fingerprint density at radius 3 is 2.77 bits per heavy atom. The number of nitrogens with one attached hydrogen (secondary N) is 2. The van der Waals surface area contributed by atoms with Crippen LogP contribution in [0.5, 0.6) is 0 Å². The standard InChI is InChI=1S/C23H34N6O/c1-5-24-23(25-18-10-11-22-27-21(14-30-4)28-29(22)13-18)26-20-12-19(20)17-8-6-16(7-9-17)15(2)3/h6-9,15,18-20H,5,10-14H2,1-4H3,(H2,24,25,26). The van der Waals surface area contributed by atoms with Gasteiger partial charge in [-0.1, -0.05) is 38.1 Å². The number of fused-ring (bicyclic) bond motifs is 1. The van der Waals surface area contributed by atoms with Crippen LogP contribution in [-0.4, -0.2) is 46.5 Å². The maximum absolute atomic E-state index is 5.16. The first-order valence-electron chi connectivity index (χ1n) is 11.2. The van der Waals surface area contributed by atoms with Gasteiger partial charge < -0.3 is 15.4 Å². The number of nitrogens with zero attached hydrogens (tertiary/aromatic N) is 4. The van der Waals surface area contributed by atoms with Crippen molar-refractivity contribution in [2.45, 2.75) is 77.1 Å². The molecule has 0 spiro atoms. The first kappa shape index (κ1) is 20.8. The van der Waals surface area contributed by atoms with Crippen LogP contribution in [0.4, 0.5) is 0 Å². The topological polar surface area (TPSA) is 76.4 Å². The molecule has 30 heavy (non-hydrogen) atoms. The lowest BCUT2D eigenvalue weighted by molar-refractivity contribution is 0.177. The van der Waals surface area contributed by atoms with Gasteiger partial charge in [0, 0.05) is 38.1 Å². The van der Waals surface area contributed by atoms with Crippen molar-refractivity contribution in [1.82, 2.24) is 25.4 Å². The summed E-state index contributed by atoms with van der Waals surface area (Å²) in [5.74, 6) is 3.87. The fraction of sp³-hybridized carbons (Fsp3) is 0.609. The highest BCUT2D eigenvalue weighted by molar-refractivity contribution is 5.81. The van der Waals surface area contributed by atoms with E-state index in [0.717, 1.165) is 50.0 Å². The van der Waals surface area contributed by atoms with Gasteiger partial charge in [0.2, 0.25) is 0 Å². The Hall–Kier alpha value is -2.41. The normalized spacial score (nSPS) is 23.4. The summed E-state index contributed by atoms with van der Waals surface area (Å²) >= 11 is 0. The Kier molecular flexibility index (Phi) is 6.37. The summed E-state index contributed by atoms with van der Waals surface area (Å²) in [5.41, 5.74) is 2.82. The fourth-order valence-electron chi connectivity index (χ4n) is 4.18. The Morgan fingerprint density at radius 2 is 2.07 bits per heavy atom. The van der Waals surface area contributed by atoms with Gasteiger partial charge in [-0.3, -0.25) is 4.99 Å². The van der Waals surface area contributed by atoms with Crippen molar-refractivity contribution in [3.8, 4) is 0 Å². The monoisotopic (exact) mass is 410 g/mol. The zero-order valence-corrected chi connectivity index (χ0v) is 18.6. The summed E-state index contributed by atoms with van der Waals surface area (Å²) < 4.78 is 7.17. The van der Waals surface area contributed by atoms with E-state index in [4.69, 9.17) is 4.74 Å². The fourth-order valence-corrected chi connectivity index (χ4v) is 4.18. The predicted octanol–water partition coefficient (Wildman–Crippen LogP) is 2.97. The second-order valence-electron chi connectivity index (χ2n) is 8.68. The second kappa shape index (κ2) is 9.16. The number of aromatic nitrogens is 3. The Labute approximate surface area is 179 Å². The van der Waals surface area contributed by atoms with Gasteiger partial charge in [-0.25, -0.2) is 9.67 Å². The van der Waals surface area contributed by atoms with Crippen LogP contribution in [0.25, 0.3) is 0 Å². The summed E-state index contributed by atoms with van der Waals surface area (Å²) in [7, 11) is 1.67. The third-order valence-corrected chi connectivity index (χ3v) is 5.98. The molecule has 162 valence electrons. The highest BCUT2D eigenvalue weighted by atomic mass is 16.5. The number of rotatable bonds is 7. The average molecular weight is 411 g/mol. The third-order valence-electron chi connectivity index (χ3n) is 5.98. The number of hydrogen-bond acceptors (Lipinski definition) is 4. The van der Waals surface area contributed by atoms with Crippen LogP contribution in [0.3, 0.4) is 0 Å². The molecule has 7 nitrogen and oxygen atoms in total. The lowest BCUT2D eigenvalue weighted by Gasteiger charge is -2.25. The molecule has 1 aromatic carbocycles. The van der Waals surface area contributed by atoms with Gasteiger partial charge in [0.1, 0.15) is 12.4 Å². The van der Waals surface area contributed by atoms with Gasteiger partial charge in [0.05, 0.1) is 6.54 Å². The Balaban J connectivity index is 1.33. The zero-order chi connectivity index (χ0) is 21.1. The maximum Gasteiger partial charge on any atom is 0.191 e. The molecule has 0 bridgehead atoms. The molecule has 2 heterocycles. The first-order chi connectivity index (χ1) is 14.6. The highest BCUT2D eigenvalue weighted by Gasteiger charge is 2.39. The Morgan fingerprint density at radius 1 is 1.27 bits per heavy atom. The molecule has 0 radical (unpaired) electrons. The van der Waals surface area contributed by atoms with Crippen LogP contribution in [-0.2, 0) is 24.3 Å². The van der Waals surface area contributed by atoms with Crippen molar-refractivity contribution in [1.29, 1.82) is 0 Å². The number of methoxy groups -OCH3 is 1. The molecule has 3 atom stereocenters. The lowest BCUT2D eigenvalue weighted by atomic mass is 10.0. The van der Waals surface area contributed by atoms with Gasteiger partial charge in [0.15, 0.2) is 11.8 Å². The molecule has 3 unspecified atom stereocenters. The molecular weight excluding hydrogens is 376 g/mol. The van der Waals surface area contributed by atoms with E-state index in [1.165, 1.54) is 11.1 Å². The maximum atomic E-state index is 5.16. The highest BCUT2D eigenvalue weighted by Crippen LogP contribution is 2.41. The quantitative estimate of drug-likeness (QED) is 0.542. The van der Waals surface area contributed by atoms with E-state index in [0.29, 0.717) is 30.5 Å². The van der Waals surface area contributed by atoms with Crippen molar-refractivity contribution >= 4 is 5.96 Å². The molecule has 1 aliphatic carbocycles. The minimum atomic E-state index is 0.301. The molecule has 0 saturated heterocycles. The zero-order valence-electron chi connectivity index (χ0n) is 18.6. The summed E-state index contributed by atoms with van der Waals surface area (Å²) in [4.78, 5) is 9.25. The molecule has 7 heteroatoms. The molecule has 0 amide bonds. The molecule has 1 fully saturated rings. The molecule has 4 rings (SSSR count). The predicted molar refractivity (Wildman–Crippen MR) is 119 cm³/mol. The molecule has 2 aromatic rings.